The van der Waals surface area contributed by atoms with Gasteiger partial charge < -0.3 is 10.6 Å². The molecular weight excluding hydrogens is 333 g/mol. The van der Waals surface area contributed by atoms with Crippen LogP contribution in [0.1, 0.15) is 25.7 Å². The zero-order valence-electron chi connectivity index (χ0n) is 11.8. The third-order valence-corrected chi connectivity index (χ3v) is 5.28. The number of fused-ring (bicyclic) bond motifs is 2. The van der Waals surface area contributed by atoms with E-state index in [4.69, 9.17) is 5.73 Å². The van der Waals surface area contributed by atoms with E-state index in [1.807, 2.05) is 6.07 Å². The summed E-state index contributed by atoms with van der Waals surface area (Å²) in [4.78, 5) is 6.94. The molecule has 5 nitrogen and oxygen atoms in total. The SMILES string of the molecule is CS(=O)(=O)c1ccc(N2C3CCC2CC(N)C3)nc1.Cl.Cl. The molecule has 0 amide bonds. The van der Waals surface area contributed by atoms with Crippen molar-refractivity contribution in [2.24, 2.45) is 5.73 Å². The molecule has 2 saturated heterocycles. The summed E-state index contributed by atoms with van der Waals surface area (Å²) in [5, 5.41) is 0. The molecule has 1 aromatic heterocycles. The third kappa shape index (κ3) is 3.62. The lowest BCUT2D eigenvalue weighted by Crippen LogP contribution is -2.47. The molecule has 21 heavy (non-hydrogen) atoms. The predicted octanol–water partition coefficient (Wildman–Crippen LogP) is 1.79. The van der Waals surface area contributed by atoms with Gasteiger partial charge in [-0.1, -0.05) is 0 Å². The number of sulfone groups is 1. The Balaban J connectivity index is 0.00000110. The number of aromatic nitrogens is 1. The molecule has 2 aliphatic rings. The van der Waals surface area contributed by atoms with Crippen LogP contribution in [-0.4, -0.2) is 37.8 Å². The summed E-state index contributed by atoms with van der Waals surface area (Å²) in [6, 6.07) is 4.68. The van der Waals surface area contributed by atoms with Crippen molar-refractivity contribution in [3.63, 3.8) is 0 Å². The first-order chi connectivity index (χ1) is 8.95. The normalized spacial score (nSPS) is 27.7. The molecule has 0 saturated carbocycles. The summed E-state index contributed by atoms with van der Waals surface area (Å²) in [5.41, 5.74) is 6.05. The highest BCUT2D eigenvalue weighted by Crippen LogP contribution is 2.37. The molecule has 0 aliphatic carbocycles. The summed E-state index contributed by atoms with van der Waals surface area (Å²) in [6.45, 7) is 0. The van der Waals surface area contributed by atoms with Gasteiger partial charge in [0.1, 0.15) is 5.82 Å². The number of halogens is 2. The van der Waals surface area contributed by atoms with E-state index in [2.05, 4.69) is 9.88 Å². The van der Waals surface area contributed by atoms with Crippen molar-refractivity contribution in [3.05, 3.63) is 18.3 Å². The van der Waals surface area contributed by atoms with Crippen molar-refractivity contribution in [1.82, 2.24) is 4.98 Å². The Morgan fingerprint density at radius 2 is 1.76 bits per heavy atom. The number of anilines is 1. The molecule has 2 atom stereocenters. The average molecular weight is 354 g/mol. The third-order valence-electron chi connectivity index (χ3n) is 4.18. The van der Waals surface area contributed by atoms with Gasteiger partial charge in [-0.05, 0) is 37.8 Å². The van der Waals surface area contributed by atoms with Gasteiger partial charge in [0.05, 0.1) is 4.90 Å². The summed E-state index contributed by atoms with van der Waals surface area (Å²) >= 11 is 0. The second-order valence-corrected chi connectivity index (χ2v) is 7.66. The van der Waals surface area contributed by atoms with E-state index in [-0.39, 0.29) is 29.7 Å². The van der Waals surface area contributed by atoms with E-state index < -0.39 is 9.84 Å². The van der Waals surface area contributed by atoms with Crippen LogP contribution in [0.3, 0.4) is 0 Å². The largest absolute Gasteiger partial charge is 0.351 e. The smallest absolute Gasteiger partial charge is 0.177 e. The van der Waals surface area contributed by atoms with Gasteiger partial charge in [0, 0.05) is 30.6 Å². The standard InChI is InChI=1S/C13H19N3O2S.2ClH/c1-19(17,18)12-4-5-13(15-8-12)16-10-2-3-11(16)7-9(14)6-10;;/h4-5,8-11H,2-3,6-7,14H2,1H3;2*1H. The monoisotopic (exact) mass is 353 g/mol. The highest BCUT2D eigenvalue weighted by Gasteiger charge is 2.40. The van der Waals surface area contributed by atoms with Crippen LogP contribution in [0.15, 0.2) is 23.2 Å². The number of rotatable bonds is 2. The Bertz CT molecular complexity index is 566. The number of piperidine rings is 1. The number of hydrogen-bond donors (Lipinski definition) is 1. The maximum absolute atomic E-state index is 11.4. The van der Waals surface area contributed by atoms with Crippen molar-refractivity contribution >= 4 is 40.5 Å². The minimum Gasteiger partial charge on any atom is -0.351 e. The molecule has 0 radical (unpaired) electrons. The van der Waals surface area contributed by atoms with E-state index in [1.165, 1.54) is 12.5 Å². The maximum atomic E-state index is 11.4. The number of pyridine rings is 1. The molecule has 3 heterocycles. The topological polar surface area (TPSA) is 76.3 Å². The molecule has 0 spiro atoms. The van der Waals surface area contributed by atoms with Crippen molar-refractivity contribution in [3.8, 4) is 0 Å². The molecule has 120 valence electrons. The minimum atomic E-state index is -3.17. The van der Waals surface area contributed by atoms with Crippen LogP contribution < -0.4 is 10.6 Å². The van der Waals surface area contributed by atoms with Gasteiger partial charge in [-0.2, -0.15) is 0 Å². The molecule has 2 aliphatic heterocycles. The lowest BCUT2D eigenvalue weighted by Gasteiger charge is -2.38. The molecule has 2 N–H and O–H groups in total. The van der Waals surface area contributed by atoms with Gasteiger partial charge >= 0.3 is 0 Å². The minimum absolute atomic E-state index is 0. The van der Waals surface area contributed by atoms with Crippen molar-refractivity contribution in [1.29, 1.82) is 0 Å². The van der Waals surface area contributed by atoms with Crippen LogP contribution in [0.4, 0.5) is 5.82 Å². The van der Waals surface area contributed by atoms with Crippen LogP contribution in [0.25, 0.3) is 0 Å². The van der Waals surface area contributed by atoms with Gasteiger partial charge in [-0.3, -0.25) is 0 Å². The van der Waals surface area contributed by atoms with Gasteiger partial charge in [0.15, 0.2) is 9.84 Å². The predicted molar refractivity (Wildman–Crippen MR) is 88.3 cm³/mol. The van der Waals surface area contributed by atoms with E-state index >= 15 is 0 Å². The molecule has 1 aromatic rings. The molecule has 0 aromatic carbocycles. The van der Waals surface area contributed by atoms with Gasteiger partial charge in [0.25, 0.3) is 0 Å². The fourth-order valence-corrected chi connectivity index (χ4v) is 3.90. The highest BCUT2D eigenvalue weighted by molar-refractivity contribution is 7.90. The summed E-state index contributed by atoms with van der Waals surface area (Å²) < 4.78 is 22.9. The second-order valence-electron chi connectivity index (χ2n) is 5.65. The van der Waals surface area contributed by atoms with Crippen molar-refractivity contribution < 1.29 is 8.42 Å². The molecule has 2 unspecified atom stereocenters. The highest BCUT2D eigenvalue weighted by atomic mass is 35.5. The molecule has 3 rings (SSSR count). The first-order valence-corrected chi connectivity index (χ1v) is 8.54. The van der Waals surface area contributed by atoms with Gasteiger partial charge in [0.2, 0.25) is 0 Å². The number of nitrogens with zero attached hydrogens (tertiary/aromatic N) is 2. The Hall–Kier alpha value is -0.560. The van der Waals surface area contributed by atoms with E-state index in [9.17, 15) is 8.42 Å². The zero-order chi connectivity index (χ0) is 13.6. The van der Waals surface area contributed by atoms with Crippen molar-refractivity contribution in [2.45, 2.75) is 48.7 Å². The zero-order valence-corrected chi connectivity index (χ0v) is 14.3. The Labute approximate surface area is 138 Å². The summed E-state index contributed by atoms with van der Waals surface area (Å²) in [5.74, 6) is 0.881. The van der Waals surface area contributed by atoms with Crippen molar-refractivity contribution in [2.75, 3.05) is 11.2 Å². The van der Waals surface area contributed by atoms with Crippen LogP contribution >= 0.6 is 24.8 Å². The van der Waals surface area contributed by atoms with Crippen LogP contribution in [0, 0.1) is 0 Å². The first-order valence-electron chi connectivity index (χ1n) is 6.65. The summed E-state index contributed by atoms with van der Waals surface area (Å²) in [7, 11) is -3.17. The van der Waals surface area contributed by atoms with Crippen LogP contribution in [0.5, 0.6) is 0 Å². The fraction of sp³-hybridized carbons (Fsp3) is 0.615. The Kier molecular flexibility index (Phi) is 5.89. The Morgan fingerprint density at radius 3 is 2.19 bits per heavy atom. The number of nitrogens with two attached hydrogens (primary N) is 1. The quantitative estimate of drug-likeness (QED) is 0.876. The van der Waals surface area contributed by atoms with Crippen LogP contribution in [0.2, 0.25) is 0 Å². The first kappa shape index (κ1) is 18.5. The van der Waals surface area contributed by atoms with Crippen LogP contribution in [-0.2, 0) is 9.84 Å². The Morgan fingerprint density at radius 1 is 1.19 bits per heavy atom. The number of hydrogen-bond acceptors (Lipinski definition) is 5. The van der Waals surface area contributed by atoms with E-state index in [0.717, 1.165) is 31.5 Å². The maximum Gasteiger partial charge on any atom is 0.177 e. The molecule has 2 fully saturated rings. The lowest BCUT2D eigenvalue weighted by molar-refractivity contribution is 0.412. The molecule has 2 bridgehead atoms. The van der Waals surface area contributed by atoms with E-state index in [0.29, 0.717) is 18.1 Å². The van der Waals surface area contributed by atoms with Gasteiger partial charge in [-0.15, -0.1) is 24.8 Å². The average Bonchev–Trinajstić information content (AvgIpc) is 2.61. The van der Waals surface area contributed by atoms with E-state index in [1.54, 1.807) is 6.07 Å². The molecule has 8 heteroatoms. The lowest BCUT2D eigenvalue weighted by atomic mass is 9.98. The fourth-order valence-electron chi connectivity index (χ4n) is 3.34. The summed E-state index contributed by atoms with van der Waals surface area (Å²) in [6.07, 6.45) is 6.99. The van der Waals surface area contributed by atoms with Gasteiger partial charge in [-0.25, -0.2) is 13.4 Å². The second kappa shape index (κ2) is 6.69. The molecular formula is C13H21Cl2N3O2S.